The minimum Gasteiger partial charge on any atom is -0.309 e. The van der Waals surface area contributed by atoms with Crippen molar-refractivity contribution in [3.8, 4) is 16.8 Å². The number of halogens is 1. The van der Waals surface area contributed by atoms with Gasteiger partial charge in [0.15, 0.2) is 0 Å². The van der Waals surface area contributed by atoms with Crippen molar-refractivity contribution in [1.29, 1.82) is 0 Å². The van der Waals surface area contributed by atoms with Crippen LogP contribution >= 0.6 is 11.6 Å². The average Bonchev–Trinajstić information content (AvgIpc) is 3.23. The molecular formula is C32H20ClN. The Balaban J connectivity index is 1.44. The predicted molar refractivity (Wildman–Crippen MR) is 146 cm³/mol. The summed E-state index contributed by atoms with van der Waals surface area (Å²) < 4.78 is 2.40. The molecule has 1 nitrogen and oxygen atoms in total. The third-order valence-corrected chi connectivity index (χ3v) is 7.06. The molecule has 0 radical (unpaired) electrons. The van der Waals surface area contributed by atoms with Gasteiger partial charge in [0.2, 0.25) is 0 Å². The lowest BCUT2D eigenvalue weighted by Crippen LogP contribution is -1.94. The Kier molecular flexibility index (Phi) is 4.27. The molecule has 0 aliphatic rings. The van der Waals surface area contributed by atoms with Crippen molar-refractivity contribution < 1.29 is 0 Å². The zero-order valence-corrected chi connectivity index (χ0v) is 19.1. The highest BCUT2D eigenvalue weighted by atomic mass is 35.5. The number of hydrogen-bond acceptors (Lipinski definition) is 0. The fourth-order valence-corrected chi connectivity index (χ4v) is 5.38. The van der Waals surface area contributed by atoms with Crippen molar-refractivity contribution in [2.75, 3.05) is 0 Å². The van der Waals surface area contributed by atoms with E-state index in [0.717, 1.165) is 16.1 Å². The number of rotatable bonds is 2. The van der Waals surface area contributed by atoms with Gasteiger partial charge in [-0.1, -0.05) is 96.5 Å². The van der Waals surface area contributed by atoms with Crippen LogP contribution in [-0.2, 0) is 0 Å². The first-order chi connectivity index (χ1) is 16.8. The van der Waals surface area contributed by atoms with Gasteiger partial charge in [-0.3, -0.25) is 0 Å². The van der Waals surface area contributed by atoms with Gasteiger partial charge in [0.1, 0.15) is 0 Å². The second-order valence-electron chi connectivity index (χ2n) is 8.79. The highest BCUT2D eigenvalue weighted by molar-refractivity contribution is 6.31. The summed E-state index contributed by atoms with van der Waals surface area (Å²) in [6.45, 7) is 0. The van der Waals surface area contributed by atoms with E-state index in [0.29, 0.717) is 0 Å². The molecule has 0 saturated heterocycles. The van der Waals surface area contributed by atoms with Gasteiger partial charge >= 0.3 is 0 Å². The number of para-hydroxylation sites is 1. The molecular weight excluding hydrogens is 434 g/mol. The number of benzene rings is 6. The first kappa shape index (κ1) is 19.4. The highest BCUT2D eigenvalue weighted by Crippen LogP contribution is 2.37. The monoisotopic (exact) mass is 453 g/mol. The molecule has 0 aliphatic heterocycles. The zero-order valence-electron chi connectivity index (χ0n) is 18.4. The van der Waals surface area contributed by atoms with E-state index in [-0.39, 0.29) is 0 Å². The smallest absolute Gasteiger partial charge is 0.0619 e. The molecule has 0 N–H and O–H groups in total. The maximum atomic E-state index is 6.23. The molecule has 1 aromatic heterocycles. The normalized spacial score (nSPS) is 11.7. The summed E-state index contributed by atoms with van der Waals surface area (Å²) in [5.74, 6) is 0. The lowest BCUT2D eigenvalue weighted by atomic mass is 10.0. The van der Waals surface area contributed by atoms with E-state index >= 15 is 0 Å². The van der Waals surface area contributed by atoms with Crippen molar-refractivity contribution in [2.45, 2.75) is 0 Å². The fourth-order valence-electron chi connectivity index (χ4n) is 5.20. The Morgan fingerprint density at radius 2 is 1.18 bits per heavy atom. The average molecular weight is 454 g/mol. The molecule has 0 saturated carbocycles. The van der Waals surface area contributed by atoms with Crippen LogP contribution in [0.4, 0.5) is 0 Å². The number of hydrogen-bond donors (Lipinski definition) is 0. The van der Waals surface area contributed by atoms with E-state index in [1.54, 1.807) is 0 Å². The van der Waals surface area contributed by atoms with Crippen LogP contribution in [0.1, 0.15) is 0 Å². The molecule has 6 aromatic carbocycles. The maximum absolute atomic E-state index is 6.23. The fraction of sp³-hybridized carbons (Fsp3) is 0. The standard InChI is InChI=1S/C32H20ClN/c33-26-15-11-22-9-10-24(19-25(22)20-26)21-12-16-27(17-13-21)34-31-8-4-3-7-29(31)30-18-14-23-5-1-2-6-28(23)32(30)34/h1-20H. The molecule has 1 heterocycles. The predicted octanol–water partition coefficient (Wildman–Crippen LogP) is 9.41. The van der Waals surface area contributed by atoms with Gasteiger partial charge in [0.25, 0.3) is 0 Å². The van der Waals surface area contributed by atoms with Gasteiger partial charge in [0.05, 0.1) is 11.0 Å². The van der Waals surface area contributed by atoms with Crippen molar-refractivity contribution in [1.82, 2.24) is 4.57 Å². The highest BCUT2D eigenvalue weighted by Gasteiger charge is 2.14. The summed E-state index contributed by atoms with van der Waals surface area (Å²) in [7, 11) is 0. The summed E-state index contributed by atoms with van der Waals surface area (Å²) >= 11 is 6.23. The topological polar surface area (TPSA) is 4.93 Å². The van der Waals surface area contributed by atoms with Crippen LogP contribution in [0.25, 0.3) is 60.2 Å². The number of nitrogens with zero attached hydrogens (tertiary/aromatic N) is 1. The maximum Gasteiger partial charge on any atom is 0.0619 e. The SMILES string of the molecule is Clc1ccc2ccc(-c3ccc(-n4c5ccccc5c5ccc6ccccc6c54)cc3)cc2c1. The van der Waals surface area contributed by atoms with Crippen LogP contribution in [0.5, 0.6) is 0 Å². The Morgan fingerprint density at radius 3 is 2.06 bits per heavy atom. The number of aromatic nitrogens is 1. The molecule has 2 heteroatoms. The summed E-state index contributed by atoms with van der Waals surface area (Å²) in [4.78, 5) is 0. The lowest BCUT2D eigenvalue weighted by Gasteiger charge is -2.11. The second-order valence-corrected chi connectivity index (χ2v) is 9.22. The molecule has 0 aliphatic carbocycles. The Labute approximate surface area is 202 Å². The van der Waals surface area contributed by atoms with Crippen LogP contribution in [0.2, 0.25) is 5.02 Å². The summed E-state index contributed by atoms with van der Waals surface area (Å²) in [5, 5.41) is 8.20. The Hall–Kier alpha value is -4.07. The van der Waals surface area contributed by atoms with Gasteiger partial charge < -0.3 is 4.57 Å². The summed E-state index contributed by atoms with van der Waals surface area (Å²) in [5.41, 5.74) is 6.02. The number of fused-ring (bicyclic) bond motifs is 6. The van der Waals surface area contributed by atoms with Crippen LogP contribution in [0.3, 0.4) is 0 Å². The lowest BCUT2D eigenvalue weighted by molar-refractivity contribution is 1.19. The molecule has 7 rings (SSSR count). The van der Waals surface area contributed by atoms with Gasteiger partial charge in [-0.25, -0.2) is 0 Å². The minimum absolute atomic E-state index is 0.763. The van der Waals surface area contributed by atoms with Crippen LogP contribution < -0.4 is 0 Å². The van der Waals surface area contributed by atoms with Crippen LogP contribution in [-0.4, -0.2) is 4.57 Å². The first-order valence-electron chi connectivity index (χ1n) is 11.5. The molecule has 0 amide bonds. The van der Waals surface area contributed by atoms with E-state index in [2.05, 4.69) is 114 Å². The van der Waals surface area contributed by atoms with E-state index in [1.807, 2.05) is 12.1 Å². The van der Waals surface area contributed by atoms with Gasteiger partial charge in [0, 0.05) is 26.9 Å². The van der Waals surface area contributed by atoms with Crippen molar-refractivity contribution in [3.05, 3.63) is 126 Å². The van der Waals surface area contributed by atoms with E-state index < -0.39 is 0 Å². The third kappa shape index (κ3) is 2.95. The van der Waals surface area contributed by atoms with Gasteiger partial charge in [-0.05, 0) is 63.7 Å². The van der Waals surface area contributed by atoms with Crippen molar-refractivity contribution in [3.63, 3.8) is 0 Å². The zero-order chi connectivity index (χ0) is 22.6. The van der Waals surface area contributed by atoms with Crippen LogP contribution in [0, 0.1) is 0 Å². The molecule has 160 valence electrons. The molecule has 7 aromatic rings. The van der Waals surface area contributed by atoms with Crippen molar-refractivity contribution >= 4 is 55.0 Å². The van der Waals surface area contributed by atoms with Crippen LogP contribution in [0.15, 0.2) is 121 Å². The summed E-state index contributed by atoms with van der Waals surface area (Å²) in [6.07, 6.45) is 0. The Bertz CT molecular complexity index is 1860. The van der Waals surface area contributed by atoms with Gasteiger partial charge in [-0.2, -0.15) is 0 Å². The first-order valence-corrected chi connectivity index (χ1v) is 11.9. The van der Waals surface area contributed by atoms with E-state index in [1.165, 1.54) is 49.1 Å². The van der Waals surface area contributed by atoms with E-state index in [9.17, 15) is 0 Å². The molecule has 0 atom stereocenters. The molecule has 0 spiro atoms. The largest absolute Gasteiger partial charge is 0.309 e. The quantitative estimate of drug-likeness (QED) is 0.245. The van der Waals surface area contributed by atoms with Gasteiger partial charge in [-0.15, -0.1) is 0 Å². The minimum atomic E-state index is 0.763. The Morgan fingerprint density at radius 1 is 0.471 bits per heavy atom. The molecule has 34 heavy (non-hydrogen) atoms. The van der Waals surface area contributed by atoms with E-state index in [4.69, 9.17) is 11.6 Å². The molecule has 0 unspecified atom stereocenters. The summed E-state index contributed by atoms with van der Waals surface area (Å²) in [6, 6.07) is 43.3. The third-order valence-electron chi connectivity index (χ3n) is 6.82. The van der Waals surface area contributed by atoms with Crippen molar-refractivity contribution in [2.24, 2.45) is 0 Å². The second kappa shape index (κ2) is 7.48. The molecule has 0 fully saturated rings. The molecule has 0 bridgehead atoms.